The van der Waals surface area contributed by atoms with Crippen LogP contribution in [-0.2, 0) is 39.9 Å². The fourth-order valence-corrected chi connectivity index (χ4v) is 9.76. The number of benzene rings is 2. The highest BCUT2D eigenvalue weighted by Crippen LogP contribution is 2.37. The summed E-state index contributed by atoms with van der Waals surface area (Å²) in [5.74, 6) is -0.115. The van der Waals surface area contributed by atoms with Crippen molar-refractivity contribution in [1.29, 1.82) is 0 Å². The number of thiazole rings is 1. The summed E-state index contributed by atoms with van der Waals surface area (Å²) < 4.78 is 23.2. The molecule has 18 heteroatoms. The van der Waals surface area contributed by atoms with Gasteiger partial charge in [-0.25, -0.2) is 9.97 Å². The second-order valence-corrected chi connectivity index (χ2v) is 21.2. The molecule has 6 rings (SSSR count). The maximum absolute atomic E-state index is 14.0. The molecule has 2 aliphatic rings. The molecule has 3 amide bonds. The molecule has 17 nitrogen and oxygen atoms in total. The lowest BCUT2D eigenvalue weighted by molar-refractivity contribution is -0.138. The fourth-order valence-electron chi connectivity index (χ4n) is 8.95. The van der Waals surface area contributed by atoms with Gasteiger partial charge in [0.1, 0.15) is 18.2 Å². The van der Waals surface area contributed by atoms with Crippen LogP contribution >= 0.6 is 11.3 Å². The van der Waals surface area contributed by atoms with Crippen LogP contribution in [-0.4, -0.2) is 127 Å². The van der Waals surface area contributed by atoms with E-state index in [4.69, 9.17) is 18.9 Å². The highest BCUT2D eigenvalue weighted by atomic mass is 32.1. The van der Waals surface area contributed by atoms with Gasteiger partial charge in [-0.1, -0.05) is 70.2 Å². The minimum Gasteiger partial charge on any atom is -0.493 e. The Hall–Kier alpha value is -5.79. The molecular formula is C56H78N8O9S. The first-order chi connectivity index (χ1) is 35.7. The van der Waals surface area contributed by atoms with Gasteiger partial charge in [-0.3, -0.25) is 19.2 Å². The van der Waals surface area contributed by atoms with Crippen LogP contribution in [0, 0.1) is 30.1 Å². The number of ketones is 1. The number of anilines is 3. The molecule has 2 aromatic heterocycles. The van der Waals surface area contributed by atoms with E-state index < -0.39 is 35.3 Å². The monoisotopic (exact) mass is 1040 g/mol. The van der Waals surface area contributed by atoms with Crippen molar-refractivity contribution in [3.05, 3.63) is 83.6 Å². The van der Waals surface area contributed by atoms with Gasteiger partial charge < -0.3 is 50.2 Å². The predicted molar refractivity (Wildman–Crippen MR) is 289 cm³/mol. The zero-order valence-corrected chi connectivity index (χ0v) is 44.8. The largest absolute Gasteiger partial charge is 0.493 e. The van der Waals surface area contributed by atoms with Crippen molar-refractivity contribution in [3.63, 3.8) is 0 Å². The predicted octanol–water partition coefficient (Wildman–Crippen LogP) is 8.15. The third kappa shape index (κ3) is 18.0. The topological polar surface area (TPSA) is 215 Å². The lowest BCUT2D eigenvalue weighted by Gasteiger charge is -2.33. The standard InChI is InChI=1S/C56H78N8O9S/c1-7-40-35-59-55(63-52(40)57-23-12-24-64(6)54(69)42-15-10-16-42)61-43-17-11-18-45(31-43)73-30-14-28-71-26-9-8-25-70-27-13-29-72-36-48(66)62-51(56(3,4)5)49(67)46-32-44(65)33-47(46)53(68)58-34-39-19-21-41(22-20-39)50-38(2)60-37-74-50/h7,11,17-22,31,35,37,42,44,46-47,51,65H,1,8-10,12-16,23-30,32-34,36H2,2-6H3,(H,58,68)(H,62,66)(H2,57,59,61,63)/t44-,46?,47+,51?/m0/s1. The fraction of sp³-hybridized carbons (Fsp3) is 0.554. The minimum atomic E-state index is -0.869. The normalized spacial score (nSPS) is 17.0. The third-order valence-electron chi connectivity index (χ3n) is 13.4. The van der Waals surface area contributed by atoms with Gasteiger partial charge in [0.2, 0.25) is 23.7 Å². The molecule has 5 N–H and O–H groups in total. The summed E-state index contributed by atoms with van der Waals surface area (Å²) >= 11 is 1.58. The summed E-state index contributed by atoms with van der Waals surface area (Å²) in [5, 5.41) is 23.1. The van der Waals surface area contributed by atoms with Crippen LogP contribution in [0.2, 0.25) is 0 Å². The highest BCUT2D eigenvalue weighted by Gasteiger charge is 2.46. The molecule has 0 aliphatic heterocycles. The van der Waals surface area contributed by atoms with Gasteiger partial charge in [-0.2, -0.15) is 4.98 Å². The van der Waals surface area contributed by atoms with E-state index in [2.05, 4.69) is 42.8 Å². The van der Waals surface area contributed by atoms with E-state index >= 15 is 0 Å². The summed E-state index contributed by atoms with van der Waals surface area (Å²) in [6.07, 6.45) is 10.0. The van der Waals surface area contributed by atoms with Gasteiger partial charge in [-0.15, -0.1) is 11.3 Å². The molecule has 402 valence electrons. The number of hydrogen-bond acceptors (Lipinski definition) is 15. The van der Waals surface area contributed by atoms with Crippen LogP contribution in [0.15, 0.2) is 66.8 Å². The number of carbonyl (C=O) groups is 4. The summed E-state index contributed by atoms with van der Waals surface area (Å²) in [6.45, 7) is 16.0. The van der Waals surface area contributed by atoms with E-state index in [-0.39, 0.29) is 43.0 Å². The maximum Gasteiger partial charge on any atom is 0.246 e. The summed E-state index contributed by atoms with van der Waals surface area (Å²) in [4.78, 5) is 69.4. The Balaban J connectivity index is 0.780. The average Bonchev–Trinajstić information content (AvgIpc) is 3.99. The van der Waals surface area contributed by atoms with E-state index in [9.17, 15) is 24.3 Å². The SMILES string of the molecule is C=Cc1cnc(Nc2cccc(OCCCOCCCCOCCCOCC(=O)NC(C(=O)C3C[C@H](O)C[C@H]3C(=O)NCc3ccc(-c4scnc4C)cc3)C(C)(C)C)c2)nc1NCCCN(C)C(=O)C1CCC1. The van der Waals surface area contributed by atoms with Crippen molar-refractivity contribution >= 4 is 58.4 Å². The van der Waals surface area contributed by atoms with Crippen molar-refractivity contribution in [2.45, 2.75) is 111 Å². The van der Waals surface area contributed by atoms with Gasteiger partial charge in [0, 0.05) is 101 Å². The molecular weight excluding hydrogens is 961 g/mol. The molecule has 0 saturated heterocycles. The average molecular weight is 1040 g/mol. The van der Waals surface area contributed by atoms with Crippen molar-refractivity contribution < 1.29 is 43.2 Å². The highest BCUT2D eigenvalue weighted by molar-refractivity contribution is 7.13. The molecule has 2 aliphatic carbocycles. The molecule has 0 radical (unpaired) electrons. The number of aryl methyl sites for hydroxylation is 1. The van der Waals surface area contributed by atoms with Gasteiger partial charge in [0.05, 0.1) is 40.8 Å². The van der Waals surface area contributed by atoms with Crippen molar-refractivity contribution in [2.24, 2.45) is 23.2 Å². The Morgan fingerprint density at radius 3 is 2.28 bits per heavy atom. The van der Waals surface area contributed by atoms with Crippen molar-refractivity contribution in [1.82, 2.24) is 30.5 Å². The van der Waals surface area contributed by atoms with Gasteiger partial charge >= 0.3 is 0 Å². The van der Waals surface area contributed by atoms with Gasteiger partial charge in [-0.05, 0) is 87.0 Å². The van der Waals surface area contributed by atoms with E-state index in [1.54, 1.807) is 23.6 Å². The molecule has 2 saturated carbocycles. The zero-order chi connectivity index (χ0) is 52.9. The van der Waals surface area contributed by atoms with Crippen LogP contribution in [0.5, 0.6) is 5.75 Å². The second kappa shape index (κ2) is 29.3. The molecule has 4 aromatic rings. The molecule has 2 aromatic carbocycles. The number of unbranched alkanes of at least 4 members (excludes halogenated alkanes) is 1. The molecule has 2 fully saturated rings. The van der Waals surface area contributed by atoms with E-state index in [0.717, 1.165) is 83.6 Å². The lowest BCUT2D eigenvalue weighted by Crippen LogP contribution is -2.53. The number of aliphatic hydroxyl groups excluding tert-OH is 1. The van der Waals surface area contributed by atoms with E-state index in [0.29, 0.717) is 77.5 Å². The Kier molecular flexibility index (Phi) is 22.8. The first kappa shape index (κ1) is 57.5. The van der Waals surface area contributed by atoms with E-state index in [1.807, 2.05) is 93.7 Å². The van der Waals surface area contributed by atoms with Gasteiger partial charge in [0.25, 0.3) is 0 Å². The number of Topliss-reactive ketones (excluding diaryl/α,β-unsaturated/α-hetero) is 1. The molecule has 4 atom stereocenters. The van der Waals surface area contributed by atoms with Gasteiger partial charge in [0.15, 0.2) is 5.78 Å². The number of nitrogens with one attached hydrogen (secondary N) is 4. The lowest BCUT2D eigenvalue weighted by atomic mass is 9.77. The summed E-state index contributed by atoms with van der Waals surface area (Å²) in [5.41, 5.74) is 5.72. The molecule has 74 heavy (non-hydrogen) atoms. The summed E-state index contributed by atoms with van der Waals surface area (Å²) in [6, 6.07) is 14.7. The van der Waals surface area contributed by atoms with Crippen LogP contribution in [0.4, 0.5) is 17.5 Å². The number of amides is 3. The summed E-state index contributed by atoms with van der Waals surface area (Å²) in [7, 11) is 1.88. The number of rotatable bonds is 32. The second-order valence-electron chi connectivity index (χ2n) is 20.4. The number of hydrogen-bond donors (Lipinski definition) is 5. The number of aliphatic hydroxyl groups is 1. The van der Waals surface area contributed by atoms with Crippen molar-refractivity contribution in [3.8, 4) is 16.2 Å². The molecule has 2 heterocycles. The zero-order valence-electron chi connectivity index (χ0n) is 44.0. The van der Waals surface area contributed by atoms with E-state index in [1.165, 1.54) is 0 Å². The van der Waals surface area contributed by atoms with Crippen molar-refractivity contribution in [2.75, 3.05) is 77.0 Å². The smallest absolute Gasteiger partial charge is 0.246 e. The Morgan fingerprint density at radius 2 is 1.61 bits per heavy atom. The number of carbonyl (C=O) groups excluding carboxylic acids is 4. The molecule has 0 bridgehead atoms. The Morgan fingerprint density at radius 1 is 0.905 bits per heavy atom. The van der Waals surface area contributed by atoms with Crippen LogP contribution in [0.25, 0.3) is 16.5 Å². The Bertz CT molecular complexity index is 2420. The first-order valence-corrected chi connectivity index (χ1v) is 27.1. The van der Waals surface area contributed by atoms with Crippen LogP contribution < -0.4 is 26.0 Å². The number of ether oxygens (including phenoxy) is 4. The number of nitrogens with zero attached hydrogens (tertiary/aromatic N) is 4. The minimum absolute atomic E-state index is 0.162. The third-order valence-corrected chi connectivity index (χ3v) is 14.4. The molecule has 2 unspecified atom stereocenters. The number of aromatic nitrogens is 3. The maximum atomic E-state index is 14.0. The first-order valence-electron chi connectivity index (χ1n) is 26.2. The van der Waals surface area contributed by atoms with Crippen LogP contribution in [0.3, 0.4) is 0 Å². The Labute approximate surface area is 441 Å². The van der Waals surface area contributed by atoms with Crippen LogP contribution in [0.1, 0.15) is 102 Å². The molecule has 0 spiro atoms. The quantitative estimate of drug-likeness (QED) is 0.0292.